The first kappa shape index (κ1) is 20.4. The minimum atomic E-state index is -0.945. The van der Waals surface area contributed by atoms with Crippen LogP contribution in [0, 0.1) is 5.92 Å². The second-order valence-electron chi connectivity index (χ2n) is 6.29. The van der Waals surface area contributed by atoms with Crippen LogP contribution in [0.2, 0.25) is 5.02 Å². The fraction of sp³-hybridized carbons (Fsp3) is 0.333. The molecular formula is C21H21ClO5S. The number of ether oxygens (including phenoxy) is 3. The molecular weight excluding hydrogens is 400 g/mol. The summed E-state index contributed by atoms with van der Waals surface area (Å²) in [6.45, 7) is 1.92. The van der Waals surface area contributed by atoms with Crippen molar-refractivity contribution in [3.05, 3.63) is 51.2 Å². The van der Waals surface area contributed by atoms with E-state index in [1.54, 1.807) is 36.5 Å². The minimum absolute atomic E-state index is 0.205. The van der Waals surface area contributed by atoms with Crippen LogP contribution in [0.4, 0.5) is 0 Å². The van der Waals surface area contributed by atoms with E-state index in [-0.39, 0.29) is 12.4 Å². The first-order valence-corrected chi connectivity index (χ1v) is 10.1. The molecule has 2 aromatic rings. The standard InChI is InChI=1S/C21H21ClO5S/c1-4-27-21(24)18-14(10-12(11-15(18)23)17-6-5-9-28-17)13-7-8-16(25-2)20(26-3)19(13)22/h5-9,11,14,18H,4,10H2,1-3H3/t14-,18-/m0/s1. The molecule has 0 bridgehead atoms. The number of carbonyl (C=O) groups is 2. The number of thiophene rings is 1. The smallest absolute Gasteiger partial charge is 0.317 e. The number of methoxy groups -OCH3 is 2. The molecule has 0 fully saturated rings. The molecule has 0 saturated heterocycles. The van der Waals surface area contributed by atoms with Gasteiger partial charge in [-0.05, 0) is 48.1 Å². The Bertz CT molecular complexity index is 904. The summed E-state index contributed by atoms with van der Waals surface area (Å²) in [5.41, 5.74) is 1.55. The third-order valence-electron chi connectivity index (χ3n) is 4.76. The van der Waals surface area contributed by atoms with Gasteiger partial charge >= 0.3 is 5.97 Å². The van der Waals surface area contributed by atoms with Crippen molar-refractivity contribution in [3.63, 3.8) is 0 Å². The lowest BCUT2D eigenvalue weighted by Crippen LogP contribution is -2.34. The molecule has 7 heteroatoms. The number of ketones is 1. The van der Waals surface area contributed by atoms with Gasteiger partial charge in [0.25, 0.3) is 0 Å². The molecule has 148 valence electrons. The second-order valence-corrected chi connectivity index (χ2v) is 7.62. The predicted octanol–water partition coefficient (Wildman–Crippen LogP) is 4.74. The van der Waals surface area contributed by atoms with E-state index in [0.717, 1.165) is 10.5 Å². The van der Waals surface area contributed by atoms with Crippen molar-refractivity contribution in [2.45, 2.75) is 19.3 Å². The topological polar surface area (TPSA) is 61.8 Å². The molecule has 0 radical (unpaired) electrons. The zero-order chi connectivity index (χ0) is 20.3. The summed E-state index contributed by atoms with van der Waals surface area (Å²) in [5, 5.41) is 2.29. The lowest BCUT2D eigenvalue weighted by molar-refractivity contribution is -0.151. The maximum atomic E-state index is 12.9. The van der Waals surface area contributed by atoms with Crippen LogP contribution >= 0.6 is 22.9 Å². The Balaban J connectivity index is 2.10. The van der Waals surface area contributed by atoms with Crippen molar-refractivity contribution >= 4 is 40.3 Å². The molecule has 0 amide bonds. The quantitative estimate of drug-likeness (QED) is 0.499. The Morgan fingerprint density at radius 3 is 2.64 bits per heavy atom. The summed E-state index contributed by atoms with van der Waals surface area (Å²) in [7, 11) is 3.02. The third kappa shape index (κ3) is 3.80. The maximum Gasteiger partial charge on any atom is 0.317 e. The van der Waals surface area contributed by atoms with Crippen molar-refractivity contribution in [3.8, 4) is 11.5 Å². The fourth-order valence-corrected chi connectivity index (χ4v) is 4.63. The molecule has 0 spiro atoms. The molecule has 0 unspecified atom stereocenters. The fourth-order valence-electron chi connectivity index (χ4n) is 3.50. The molecule has 5 nitrogen and oxygen atoms in total. The van der Waals surface area contributed by atoms with Crippen LogP contribution in [-0.4, -0.2) is 32.6 Å². The Hall–Kier alpha value is -2.31. The molecule has 2 atom stereocenters. The normalized spacial score (nSPS) is 19.1. The average Bonchev–Trinajstić information content (AvgIpc) is 3.22. The molecule has 0 aliphatic heterocycles. The van der Waals surface area contributed by atoms with E-state index in [9.17, 15) is 9.59 Å². The summed E-state index contributed by atoms with van der Waals surface area (Å²) < 4.78 is 15.9. The highest BCUT2D eigenvalue weighted by molar-refractivity contribution is 7.11. The van der Waals surface area contributed by atoms with Gasteiger partial charge in [-0.3, -0.25) is 9.59 Å². The summed E-state index contributed by atoms with van der Waals surface area (Å²) >= 11 is 8.16. The molecule has 0 saturated carbocycles. The molecule has 1 aromatic heterocycles. The minimum Gasteiger partial charge on any atom is -0.493 e. The zero-order valence-electron chi connectivity index (χ0n) is 15.9. The van der Waals surface area contributed by atoms with Gasteiger partial charge in [0.05, 0.1) is 25.8 Å². The van der Waals surface area contributed by atoms with Gasteiger partial charge in [0.2, 0.25) is 0 Å². The molecule has 3 rings (SSSR count). The van der Waals surface area contributed by atoms with Crippen molar-refractivity contribution in [1.29, 1.82) is 0 Å². The van der Waals surface area contributed by atoms with Crippen LogP contribution in [0.1, 0.15) is 29.7 Å². The molecule has 1 aromatic carbocycles. The average molecular weight is 421 g/mol. The number of hydrogen-bond acceptors (Lipinski definition) is 6. The van der Waals surface area contributed by atoms with Gasteiger partial charge in [-0.1, -0.05) is 23.7 Å². The van der Waals surface area contributed by atoms with Gasteiger partial charge in [-0.2, -0.15) is 0 Å². The monoisotopic (exact) mass is 420 g/mol. The first-order valence-electron chi connectivity index (χ1n) is 8.87. The highest BCUT2D eigenvalue weighted by atomic mass is 35.5. The highest BCUT2D eigenvalue weighted by Crippen LogP contribution is 2.47. The van der Waals surface area contributed by atoms with E-state index in [2.05, 4.69) is 0 Å². The second kappa shape index (κ2) is 8.80. The number of hydrogen-bond donors (Lipinski definition) is 0. The Morgan fingerprint density at radius 2 is 2.04 bits per heavy atom. The van der Waals surface area contributed by atoms with Crippen molar-refractivity contribution < 1.29 is 23.8 Å². The van der Waals surface area contributed by atoms with Crippen molar-refractivity contribution in [2.75, 3.05) is 20.8 Å². The van der Waals surface area contributed by atoms with Crippen LogP contribution in [0.5, 0.6) is 11.5 Å². The maximum absolute atomic E-state index is 12.9. The summed E-state index contributed by atoms with van der Waals surface area (Å²) in [5.74, 6) is -1.35. The molecule has 1 heterocycles. The van der Waals surface area contributed by atoms with Gasteiger partial charge in [0.1, 0.15) is 5.92 Å². The molecule has 1 aliphatic carbocycles. The third-order valence-corrected chi connectivity index (χ3v) is 6.09. The van der Waals surface area contributed by atoms with Gasteiger partial charge in [0.15, 0.2) is 17.3 Å². The van der Waals surface area contributed by atoms with Gasteiger partial charge in [-0.25, -0.2) is 0 Å². The number of carbonyl (C=O) groups excluding carboxylic acids is 2. The van der Waals surface area contributed by atoms with Crippen molar-refractivity contribution in [1.82, 2.24) is 0 Å². The van der Waals surface area contributed by atoms with E-state index in [0.29, 0.717) is 28.5 Å². The number of esters is 1. The Kier molecular flexibility index (Phi) is 6.42. The number of rotatable bonds is 6. The van der Waals surface area contributed by atoms with E-state index in [1.165, 1.54) is 14.2 Å². The van der Waals surface area contributed by atoms with Gasteiger partial charge in [0, 0.05) is 10.8 Å². The largest absolute Gasteiger partial charge is 0.493 e. The predicted molar refractivity (Wildman–Crippen MR) is 109 cm³/mol. The molecule has 1 aliphatic rings. The van der Waals surface area contributed by atoms with Crippen LogP contribution in [0.15, 0.2) is 35.7 Å². The summed E-state index contributed by atoms with van der Waals surface area (Å²) in [4.78, 5) is 26.5. The van der Waals surface area contributed by atoms with E-state index >= 15 is 0 Å². The Morgan fingerprint density at radius 1 is 1.25 bits per heavy atom. The van der Waals surface area contributed by atoms with Gasteiger partial charge in [-0.15, -0.1) is 11.3 Å². The summed E-state index contributed by atoms with van der Waals surface area (Å²) in [6, 6.07) is 7.41. The highest BCUT2D eigenvalue weighted by Gasteiger charge is 2.41. The van der Waals surface area contributed by atoms with Crippen molar-refractivity contribution in [2.24, 2.45) is 5.92 Å². The number of allylic oxidation sites excluding steroid dienone is 2. The molecule has 0 N–H and O–H groups in total. The van der Waals surface area contributed by atoms with Crippen LogP contribution in [0.3, 0.4) is 0 Å². The number of benzene rings is 1. The molecule has 28 heavy (non-hydrogen) atoms. The Labute approximate surface area is 172 Å². The van der Waals surface area contributed by atoms with E-state index in [4.69, 9.17) is 25.8 Å². The number of halogens is 1. The lowest BCUT2D eigenvalue weighted by atomic mass is 9.74. The van der Waals surface area contributed by atoms with Gasteiger partial charge < -0.3 is 14.2 Å². The van der Waals surface area contributed by atoms with E-state index in [1.807, 2.05) is 17.5 Å². The SMILES string of the molecule is CCOC(=O)[C@@H]1C(=O)C=C(c2cccs2)C[C@H]1c1ccc(OC)c(OC)c1Cl. The zero-order valence-corrected chi connectivity index (χ0v) is 17.4. The van der Waals surface area contributed by atoms with Crippen LogP contribution < -0.4 is 9.47 Å². The lowest BCUT2D eigenvalue weighted by Gasteiger charge is -2.30. The van der Waals surface area contributed by atoms with Crippen LogP contribution in [0.25, 0.3) is 5.57 Å². The van der Waals surface area contributed by atoms with Crippen LogP contribution in [-0.2, 0) is 14.3 Å². The first-order chi connectivity index (χ1) is 13.5. The van der Waals surface area contributed by atoms with E-state index < -0.39 is 17.8 Å². The summed E-state index contributed by atoms with van der Waals surface area (Å²) in [6.07, 6.45) is 2.05.